The van der Waals surface area contributed by atoms with Gasteiger partial charge in [0.25, 0.3) is 0 Å². The molecule has 0 aliphatic rings. The lowest BCUT2D eigenvalue weighted by Crippen LogP contribution is -2.12. The minimum Gasteiger partial charge on any atom is -0.257 e. The SMILES string of the molecule is [B]c1ccc(C(F)(F)F)c2cccnc12. The molecule has 0 saturated heterocycles. The number of nitrogens with zero attached hydrogens (tertiary/aromatic N) is 1. The molecule has 2 rings (SSSR count). The van der Waals surface area contributed by atoms with Crippen LogP contribution in [-0.2, 0) is 6.18 Å². The average Bonchev–Trinajstić information content (AvgIpc) is 2.17. The quantitative estimate of drug-likeness (QED) is 0.602. The van der Waals surface area contributed by atoms with Crippen molar-refractivity contribution in [3.8, 4) is 0 Å². The molecule has 15 heavy (non-hydrogen) atoms. The molecule has 74 valence electrons. The summed E-state index contributed by atoms with van der Waals surface area (Å²) in [5.74, 6) is 0. The molecular weight excluding hydrogens is 202 g/mol. The summed E-state index contributed by atoms with van der Waals surface area (Å²) in [4.78, 5) is 3.83. The van der Waals surface area contributed by atoms with E-state index in [1.165, 1.54) is 24.4 Å². The number of hydrogen-bond donors (Lipinski definition) is 0. The second kappa shape index (κ2) is 3.26. The molecule has 1 aromatic carbocycles. The Morgan fingerprint density at radius 2 is 1.87 bits per heavy atom. The summed E-state index contributed by atoms with van der Waals surface area (Å²) in [5, 5.41) is 0.0324. The van der Waals surface area contributed by atoms with Crippen LogP contribution >= 0.6 is 0 Å². The topological polar surface area (TPSA) is 12.9 Å². The number of halogens is 3. The van der Waals surface area contributed by atoms with Gasteiger partial charge in [-0.05, 0) is 12.1 Å². The van der Waals surface area contributed by atoms with E-state index in [0.29, 0.717) is 0 Å². The molecule has 0 amide bonds. The molecule has 1 aromatic heterocycles. The van der Waals surface area contributed by atoms with Gasteiger partial charge in [-0.15, -0.1) is 0 Å². The molecular formula is C10H5BF3N. The van der Waals surface area contributed by atoms with Crippen LogP contribution in [0.1, 0.15) is 5.56 Å². The number of hydrogen-bond acceptors (Lipinski definition) is 1. The zero-order valence-corrected chi connectivity index (χ0v) is 7.55. The summed E-state index contributed by atoms with van der Waals surface area (Å²) in [6.07, 6.45) is -2.96. The van der Waals surface area contributed by atoms with Crippen molar-refractivity contribution in [2.45, 2.75) is 6.18 Å². The van der Waals surface area contributed by atoms with E-state index in [1.54, 1.807) is 0 Å². The van der Waals surface area contributed by atoms with Crippen LogP contribution in [0.5, 0.6) is 0 Å². The van der Waals surface area contributed by atoms with Gasteiger partial charge < -0.3 is 0 Å². The number of alkyl halides is 3. The number of aromatic nitrogens is 1. The van der Waals surface area contributed by atoms with Gasteiger partial charge in [0.15, 0.2) is 0 Å². The van der Waals surface area contributed by atoms with Gasteiger partial charge in [0.1, 0.15) is 7.85 Å². The van der Waals surface area contributed by atoms with E-state index >= 15 is 0 Å². The predicted molar refractivity (Wildman–Crippen MR) is 52.1 cm³/mol. The first kappa shape index (κ1) is 10.0. The number of pyridine rings is 1. The predicted octanol–water partition coefficient (Wildman–Crippen LogP) is 2.05. The highest BCUT2D eigenvalue weighted by molar-refractivity contribution is 6.38. The van der Waals surface area contributed by atoms with E-state index in [1.807, 2.05) is 0 Å². The zero-order chi connectivity index (χ0) is 11.1. The second-order valence-electron chi connectivity index (χ2n) is 3.10. The lowest BCUT2D eigenvalue weighted by Gasteiger charge is -2.11. The molecule has 0 atom stereocenters. The Kier molecular flexibility index (Phi) is 2.18. The van der Waals surface area contributed by atoms with Crippen LogP contribution < -0.4 is 5.46 Å². The van der Waals surface area contributed by atoms with Crippen molar-refractivity contribution >= 4 is 24.2 Å². The minimum atomic E-state index is -4.38. The fourth-order valence-electron chi connectivity index (χ4n) is 1.44. The van der Waals surface area contributed by atoms with Gasteiger partial charge in [-0.1, -0.05) is 17.6 Å². The normalized spacial score (nSPS) is 11.9. The smallest absolute Gasteiger partial charge is 0.257 e. The van der Waals surface area contributed by atoms with Crippen molar-refractivity contribution in [1.29, 1.82) is 0 Å². The van der Waals surface area contributed by atoms with Crippen LogP contribution in [0.25, 0.3) is 10.9 Å². The lowest BCUT2D eigenvalue weighted by molar-refractivity contribution is -0.136. The molecule has 2 aromatic rings. The van der Waals surface area contributed by atoms with Crippen molar-refractivity contribution in [3.63, 3.8) is 0 Å². The molecule has 0 spiro atoms. The second-order valence-corrected chi connectivity index (χ2v) is 3.10. The average molecular weight is 207 g/mol. The highest BCUT2D eigenvalue weighted by Gasteiger charge is 2.32. The Morgan fingerprint density at radius 1 is 1.13 bits per heavy atom. The molecule has 0 aliphatic heterocycles. The van der Waals surface area contributed by atoms with E-state index in [4.69, 9.17) is 7.85 Å². The summed E-state index contributed by atoms with van der Waals surface area (Å²) in [7, 11) is 5.54. The molecule has 1 nitrogen and oxygen atoms in total. The van der Waals surface area contributed by atoms with Gasteiger partial charge in [0.2, 0.25) is 0 Å². The van der Waals surface area contributed by atoms with Gasteiger partial charge in [0.05, 0.1) is 11.1 Å². The summed E-state index contributed by atoms with van der Waals surface area (Å²) in [6, 6.07) is 5.01. The first-order valence-electron chi connectivity index (χ1n) is 4.20. The minimum absolute atomic E-state index is 0.0324. The zero-order valence-electron chi connectivity index (χ0n) is 7.55. The van der Waals surface area contributed by atoms with Gasteiger partial charge in [-0.25, -0.2) is 0 Å². The van der Waals surface area contributed by atoms with Gasteiger partial charge in [-0.3, -0.25) is 4.98 Å². The molecule has 0 aliphatic carbocycles. The Labute approximate surface area is 85.3 Å². The van der Waals surface area contributed by atoms with Gasteiger partial charge in [-0.2, -0.15) is 13.2 Å². The summed E-state index contributed by atoms with van der Waals surface area (Å²) in [5.41, 5.74) is -0.272. The molecule has 0 bridgehead atoms. The van der Waals surface area contributed by atoms with E-state index in [9.17, 15) is 13.2 Å². The molecule has 0 unspecified atom stereocenters. The van der Waals surface area contributed by atoms with E-state index in [-0.39, 0.29) is 16.4 Å². The maximum absolute atomic E-state index is 12.6. The van der Waals surface area contributed by atoms with Crippen molar-refractivity contribution in [1.82, 2.24) is 4.98 Å². The third-order valence-electron chi connectivity index (χ3n) is 2.11. The number of fused-ring (bicyclic) bond motifs is 1. The third kappa shape index (κ3) is 1.69. The third-order valence-corrected chi connectivity index (χ3v) is 2.11. The number of benzene rings is 1. The molecule has 0 fully saturated rings. The summed E-state index contributed by atoms with van der Waals surface area (Å²) < 4.78 is 37.7. The molecule has 5 heteroatoms. The highest BCUT2D eigenvalue weighted by Crippen LogP contribution is 2.33. The lowest BCUT2D eigenvalue weighted by atomic mass is 9.91. The monoisotopic (exact) mass is 207 g/mol. The van der Waals surface area contributed by atoms with E-state index in [2.05, 4.69) is 4.98 Å². The molecule has 2 radical (unpaired) electrons. The Morgan fingerprint density at radius 3 is 2.53 bits per heavy atom. The van der Waals surface area contributed by atoms with E-state index < -0.39 is 11.7 Å². The van der Waals surface area contributed by atoms with Crippen LogP contribution in [0, 0.1) is 0 Å². The van der Waals surface area contributed by atoms with Crippen LogP contribution in [-0.4, -0.2) is 12.8 Å². The maximum Gasteiger partial charge on any atom is 0.417 e. The van der Waals surface area contributed by atoms with Crippen LogP contribution in [0.4, 0.5) is 13.2 Å². The van der Waals surface area contributed by atoms with Crippen molar-refractivity contribution in [3.05, 3.63) is 36.0 Å². The standard InChI is InChI=1S/C10H5BF3N/c11-8-4-3-7(10(12,13)14)6-2-1-5-15-9(6)8/h1-5H. The molecule has 0 N–H and O–H groups in total. The Hall–Kier alpha value is -1.52. The summed E-state index contributed by atoms with van der Waals surface area (Å²) >= 11 is 0. The first-order valence-corrected chi connectivity index (χ1v) is 4.20. The Balaban J connectivity index is 2.84. The largest absolute Gasteiger partial charge is 0.417 e. The summed E-state index contributed by atoms with van der Waals surface area (Å²) in [6.45, 7) is 0. The maximum atomic E-state index is 12.6. The fourth-order valence-corrected chi connectivity index (χ4v) is 1.44. The van der Waals surface area contributed by atoms with Crippen molar-refractivity contribution in [2.24, 2.45) is 0 Å². The number of rotatable bonds is 0. The van der Waals surface area contributed by atoms with E-state index in [0.717, 1.165) is 6.07 Å². The Bertz CT molecular complexity index is 507. The fraction of sp³-hybridized carbons (Fsp3) is 0.100. The van der Waals surface area contributed by atoms with Gasteiger partial charge >= 0.3 is 6.18 Å². The first-order chi connectivity index (χ1) is 7.00. The highest BCUT2D eigenvalue weighted by atomic mass is 19.4. The van der Waals surface area contributed by atoms with Crippen molar-refractivity contribution in [2.75, 3.05) is 0 Å². The molecule has 1 heterocycles. The van der Waals surface area contributed by atoms with Crippen LogP contribution in [0.2, 0.25) is 0 Å². The van der Waals surface area contributed by atoms with Crippen LogP contribution in [0.3, 0.4) is 0 Å². The van der Waals surface area contributed by atoms with Crippen LogP contribution in [0.15, 0.2) is 30.5 Å². The molecule has 0 saturated carbocycles. The van der Waals surface area contributed by atoms with Gasteiger partial charge in [0, 0.05) is 11.6 Å². The van der Waals surface area contributed by atoms with Crippen molar-refractivity contribution < 1.29 is 13.2 Å².